The molecule has 0 radical (unpaired) electrons. The van der Waals surface area contributed by atoms with Crippen molar-refractivity contribution in [2.45, 2.75) is 6.61 Å². The fourth-order valence-electron chi connectivity index (χ4n) is 2.55. The highest BCUT2D eigenvalue weighted by atomic mass is 35.5. The molecule has 1 heterocycles. The van der Waals surface area contributed by atoms with Crippen LogP contribution in [-0.4, -0.2) is 40.8 Å². The molecule has 1 aliphatic rings. The molecule has 2 aromatic rings. The number of hydrogen-bond donors (Lipinski definition) is 0. The number of hydrogen-bond acceptors (Lipinski definition) is 4. The number of rotatable bonds is 4. The Kier molecular flexibility index (Phi) is 5.58. The highest BCUT2D eigenvalue weighted by molar-refractivity contribution is 7.80. The molecule has 1 saturated heterocycles. The van der Waals surface area contributed by atoms with Crippen molar-refractivity contribution in [3.63, 3.8) is 0 Å². The van der Waals surface area contributed by atoms with Crippen LogP contribution in [0.2, 0.25) is 5.02 Å². The Morgan fingerprint density at radius 3 is 2.07 bits per heavy atom. The molecule has 0 saturated carbocycles. The second kappa shape index (κ2) is 7.90. The first-order chi connectivity index (χ1) is 12.9. The lowest BCUT2D eigenvalue weighted by Gasteiger charge is -2.31. The van der Waals surface area contributed by atoms with Gasteiger partial charge in [0.2, 0.25) is 0 Å². The van der Waals surface area contributed by atoms with Gasteiger partial charge in [-0.15, -0.1) is 0 Å². The van der Waals surface area contributed by atoms with E-state index in [1.807, 2.05) is 24.3 Å². The van der Waals surface area contributed by atoms with Crippen LogP contribution in [-0.2, 0) is 16.2 Å². The van der Waals surface area contributed by atoms with E-state index in [2.05, 4.69) is 0 Å². The van der Waals surface area contributed by atoms with Gasteiger partial charge in [-0.1, -0.05) is 35.9 Å². The van der Waals surface area contributed by atoms with Crippen LogP contribution in [0.25, 0.3) is 6.08 Å². The molecule has 27 heavy (non-hydrogen) atoms. The third-order valence-corrected chi connectivity index (χ3v) is 4.95. The summed E-state index contributed by atoms with van der Waals surface area (Å²) in [5, 5.41) is 0.869. The summed E-state index contributed by atoms with van der Waals surface area (Å²) in [5.74, 6) is -0.138. The maximum Gasteiger partial charge on any atom is 0.265 e. The van der Waals surface area contributed by atoms with Gasteiger partial charge in [-0.25, -0.2) is 0 Å². The molecule has 1 fully saturated rings. The van der Waals surface area contributed by atoms with E-state index in [0.29, 0.717) is 17.4 Å². The number of ether oxygens (including phenoxy) is 1. The van der Waals surface area contributed by atoms with Crippen LogP contribution in [0.5, 0.6) is 5.75 Å². The van der Waals surface area contributed by atoms with E-state index in [-0.39, 0.29) is 10.7 Å². The first-order valence-electron chi connectivity index (χ1n) is 8.16. The molecule has 0 spiro atoms. The van der Waals surface area contributed by atoms with Gasteiger partial charge in [-0.05, 0) is 53.7 Å². The van der Waals surface area contributed by atoms with Crippen molar-refractivity contribution >= 4 is 46.8 Å². The molecule has 0 aliphatic carbocycles. The highest BCUT2D eigenvalue weighted by Crippen LogP contribution is 2.20. The zero-order valence-corrected chi connectivity index (χ0v) is 16.4. The molecule has 0 bridgehead atoms. The Morgan fingerprint density at radius 2 is 1.52 bits per heavy atom. The predicted molar refractivity (Wildman–Crippen MR) is 108 cm³/mol. The van der Waals surface area contributed by atoms with Crippen LogP contribution >= 0.6 is 23.8 Å². The summed E-state index contributed by atoms with van der Waals surface area (Å²) in [5.41, 5.74) is 1.80. The van der Waals surface area contributed by atoms with Crippen molar-refractivity contribution in [3.8, 4) is 5.75 Å². The Balaban J connectivity index is 1.72. The first kappa shape index (κ1) is 19.1. The highest BCUT2D eigenvalue weighted by Gasteiger charge is 2.35. The van der Waals surface area contributed by atoms with E-state index in [9.17, 15) is 9.59 Å². The fourth-order valence-corrected chi connectivity index (χ4v) is 2.84. The molecule has 5 nitrogen and oxygen atoms in total. The van der Waals surface area contributed by atoms with Gasteiger partial charge in [-0.2, -0.15) is 0 Å². The third kappa shape index (κ3) is 4.18. The van der Waals surface area contributed by atoms with Gasteiger partial charge in [0.1, 0.15) is 17.9 Å². The van der Waals surface area contributed by atoms with E-state index in [1.54, 1.807) is 44.4 Å². The number of thiocarbonyl (C=S) groups is 1. The van der Waals surface area contributed by atoms with Crippen LogP contribution in [0.15, 0.2) is 54.1 Å². The van der Waals surface area contributed by atoms with E-state index in [0.717, 1.165) is 11.1 Å². The monoisotopic (exact) mass is 400 g/mol. The normalized spacial score (nSPS) is 14.6. The Hall–Kier alpha value is -2.70. The third-order valence-electron chi connectivity index (χ3n) is 4.15. The summed E-state index contributed by atoms with van der Waals surface area (Å²) in [6, 6.07) is 14.6. The lowest BCUT2D eigenvalue weighted by Crippen LogP contribution is -2.52. The van der Waals surface area contributed by atoms with Crippen molar-refractivity contribution in [1.29, 1.82) is 0 Å². The first-order valence-corrected chi connectivity index (χ1v) is 8.94. The number of carbonyl (C=O) groups excluding carboxylic acids is 2. The van der Waals surface area contributed by atoms with Crippen molar-refractivity contribution in [2.75, 3.05) is 14.1 Å². The van der Waals surface area contributed by atoms with E-state index < -0.39 is 11.8 Å². The largest absolute Gasteiger partial charge is 0.489 e. The summed E-state index contributed by atoms with van der Waals surface area (Å²) in [4.78, 5) is 27.2. The summed E-state index contributed by atoms with van der Waals surface area (Å²) < 4.78 is 5.74. The van der Waals surface area contributed by atoms with E-state index in [1.165, 1.54) is 9.80 Å². The summed E-state index contributed by atoms with van der Waals surface area (Å²) in [6.45, 7) is 0.418. The number of amides is 2. The number of nitrogens with zero attached hydrogens (tertiary/aromatic N) is 2. The van der Waals surface area contributed by atoms with Crippen LogP contribution in [0, 0.1) is 0 Å². The van der Waals surface area contributed by atoms with Gasteiger partial charge in [-0.3, -0.25) is 19.4 Å². The molecule has 1 aliphatic heterocycles. The number of likely N-dealkylation sites (N-methyl/N-ethyl adjacent to an activating group) is 2. The van der Waals surface area contributed by atoms with Crippen molar-refractivity contribution < 1.29 is 14.3 Å². The fraction of sp³-hybridized carbons (Fsp3) is 0.150. The summed E-state index contributed by atoms with van der Waals surface area (Å²) in [7, 11) is 3.10. The molecule has 0 aromatic heterocycles. The van der Waals surface area contributed by atoms with Crippen molar-refractivity contribution in [3.05, 3.63) is 70.3 Å². The SMILES string of the molecule is CN1C(=O)C(=Cc2ccc(OCc3ccc(Cl)cc3)cc2)C(=O)N(C)C1=S. The quantitative estimate of drug-likeness (QED) is 0.447. The Bertz CT molecular complexity index is 897. The molecular formula is C20H17ClN2O3S. The van der Waals surface area contributed by atoms with Gasteiger partial charge in [0.05, 0.1) is 0 Å². The summed E-state index contributed by atoms with van der Waals surface area (Å²) >= 11 is 10.9. The topological polar surface area (TPSA) is 49.9 Å². The lowest BCUT2D eigenvalue weighted by molar-refractivity contribution is -0.132. The minimum atomic E-state index is -0.411. The van der Waals surface area contributed by atoms with Crippen LogP contribution in [0.4, 0.5) is 0 Å². The number of carbonyl (C=O) groups is 2. The molecule has 0 unspecified atom stereocenters. The zero-order chi connectivity index (χ0) is 19.6. The van der Waals surface area contributed by atoms with Crippen LogP contribution in [0.1, 0.15) is 11.1 Å². The number of benzene rings is 2. The maximum absolute atomic E-state index is 12.3. The molecule has 2 aromatic carbocycles. The average molecular weight is 401 g/mol. The summed E-state index contributed by atoms with van der Waals surface area (Å²) in [6.07, 6.45) is 1.56. The molecule has 7 heteroatoms. The van der Waals surface area contributed by atoms with Crippen molar-refractivity contribution in [2.24, 2.45) is 0 Å². The van der Waals surface area contributed by atoms with Gasteiger partial charge in [0.25, 0.3) is 11.8 Å². The minimum absolute atomic E-state index is 0.0726. The molecule has 0 atom stereocenters. The van der Waals surface area contributed by atoms with Crippen LogP contribution < -0.4 is 4.74 Å². The predicted octanol–water partition coefficient (Wildman–Crippen LogP) is 3.52. The van der Waals surface area contributed by atoms with E-state index in [4.69, 9.17) is 28.6 Å². The van der Waals surface area contributed by atoms with Gasteiger partial charge in [0, 0.05) is 19.1 Å². The standard InChI is InChI=1S/C20H17ClN2O3S/c1-22-18(24)17(19(25)23(2)20(22)27)11-13-5-9-16(10-6-13)26-12-14-3-7-15(21)8-4-14/h3-11H,12H2,1-2H3. The van der Waals surface area contributed by atoms with Gasteiger partial charge in [0.15, 0.2) is 5.11 Å². The second-order valence-corrected chi connectivity index (χ2v) is 6.85. The second-order valence-electron chi connectivity index (χ2n) is 6.05. The van der Waals surface area contributed by atoms with Gasteiger partial charge >= 0.3 is 0 Å². The van der Waals surface area contributed by atoms with Crippen LogP contribution in [0.3, 0.4) is 0 Å². The van der Waals surface area contributed by atoms with E-state index >= 15 is 0 Å². The molecule has 0 N–H and O–H groups in total. The Morgan fingerprint density at radius 1 is 0.963 bits per heavy atom. The average Bonchev–Trinajstić information content (AvgIpc) is 2.69. The molecule has 138 valence electrons. The maximum atomic E-state index is 12.3. The molecular weight excluding hydrogens is 384 g/mol. The lowest BCUT2D eigenvalue weighted by atomic mass is 10.1. The number of halogens is 1. The Labute approximate surface area is 167 Å². The molecule has 2 amide bonds. The minimum Gasteiger partial charge on any atom is -0.489 e. The van der Waals surface area contributed by atoms with Crippen molar-refractivity contribution in [1.82, 2.24) is 9.80 Å². The smallest absolute Gasteiger partial charge is 0.265 e. The zero-order valence-electron chi connectivity index (χ0n) is 14.8. The molecule has 3 rings (SSSR count). The van der Waals surface area contributed by atoms with Gasteiger partial charge < -0.3 is 4.74 Å².